The number of hydrogen-bond acceptors (Lipinski definition) is 2. The molecule has 0 radical (unpaired) electrons. The highest BCUT2D eigenvalue weighted by Gasteiger charge is 1.86. The van der Waals surface area contributed by atoms with Crippen molar-refractivity contribution in [1.82, 2.24) is 5.09 Å². The zero-order chi connectivity index (χ0) is 4.99. The highest BCUT2D eigenvalue weighted by molar-refractivity contribution is 7.55. The molecule has 2 N–H and O–H groups in total. The Labute approximate surface area is 37.6 Å². The Morgan fingerprint density at radius 3 is 2.50 bits per heavy atom. The fourth-order valence-electron chi connectivity index (χ4n) is 0.107. The highest BCUT2D eigenvalue weighted by atomic mass is 31.1. The Kier molecular flexibility index (Phi) is 2.99. The quantitative estimate of drug-likeness (QED) is 0.504. The lowest BCUT2D eigenvalue weighted by atomic mass is 11.6. The van der Waals surface area contributed by atoms with Crippen molar-refractivity contribution in [2.45, 2.75) is 0 Å². The van der Waals surface area contributed by atoms with E-state index in [1.165, 1.54) is 0 Å². The van der Waals surface area contributed by atoms with Gasteiger partial charge in [-0.1, -0.05) is 0 Å². The lowest BCUT2D eigenvalue weighted by Crippen LogP contribution is -1.92. The van der Waals surface area contributed by atoms with Crippen LogP contribution >= 0.6 is 8.73 Å². The van der Waals surface area contributed by atoms with Crippen molar-refractivity contribution in [3.8, 4) is 0 Å². The van der Waals surface area contributed by atoms with E-state index in [2.05, 4.69) is 5.09 Å². The molecule has 4 heteroatoms. The number of carbonyl (C=O) groups is 1. The van der Waals surface area contributed by atoms with Gasteiger partial charge in [0.1, 0.15) is 0 Å². The van der Waals surface area contributed by atoms with E-state index in [0.717, 1.165) is 0 Å². The number of hydrogen-bond donors (Lipinski definition) is 2. The molecule has 0 bridgehead atoms. The lowest BCUT2D eigenvalue weighted by molar-refractivity contribution is 0.221. The average molecular weight is 107 g/mol. The fourth-order valence-corrected chi connectivity index (χ4v) is 0.321. The van der Waals surface area contributed by atoms with Crippen LogP contribution < -0.4 is 5.09 Å². The van der Waals surface area contributed by atoms with Crippen LogP contribution in [0.15, 0.2) is 0 Å². The van der Waals surface area contributed by atoms with Crippen LogP contribution in [0.5, 0.6) is 0 Å². The predicted molar refractivity (Wildman–Crippen MR) is 25.4 cm³/mol. The molecule has 36 valence electrons. The van der Waals surface area contributed by atoms with Gasteiger partial charge in [0.05, 0.1) is 8.73 Å². The molecule has 1 atom stereocenters. The lowest BCUT2D eigenvalue weighted by Gasteiger charge is -1.83. The van der Waals surface area contributed by atoms with Crippen molar-refractivity contribution >= 4 is 14.4 Å². The van der Waals surface area contributed by atoms with E-state index in [4.69, 9.17) is 5.11 Å². The molecular formula is C2H6NO2P. The molecule has 0 aromatic rings. The molecule has 0 fully saturated rings. The molecule has 0 aliphatic rings. The topological polar surface area (TPSA) is 49.3 Å². The molecule has 1 unspecified atom stereocenters. The van der Waals surface area contributed by atoms with Crippen molar-refractivity contribution in [1.29, 1.82) is 0 Å². The second-order valence-electron chi connectivity index (χ2n) is 0.680. The third-order valence-electron chi connectivity index (χ3n) is 0.232. The van der Waals surface area contributed by atoms with Gasteiger partial charge in [0, 0.05) is 0 Å². The maximum atomic E-state index is 9.55. The zero-order valence-electron chi connectivity index (χ0n) is 3.36. The van der Waals surface area contributed by atoms with E-state index in [1.54, 1.807) is 7.05 Å². The highest BCUT2D eigenvalue weighted by Crippen LogP contribution is 1.98. The van der Waals surface area contributed by atoms with E-state index in [0.29, 0.717) is 0 Å². The minimum absolute atomic E-state index is 0.162. The Morgan fingerprint density at radius 2 is 2.50 bits per heavy atom. The largest absolute Gasteiger partial charge is 0.477 e. The van der Waals surface area contributed by atoms with Gasteiger partial charge in [-0.3, -0.25) is 5.09 Å². The first-order chi connectivity index (χ1) is 2.77. The number of rotatable bonds is 2. The average Bonchev–Trinajstić information content (AvgIpc) is 1.35. The minimum Gasteiger partial charge on any atom is -0.477 e. The number of carboxylic acid groups (broad SMARTS) is 1. The van der Waals surface area contributed by atoms with Gasteiger partial charge in [-0.25, -0.2) is 4.79 Å². The van der Waals surface area contributed by atoms with Crippen LogP contribution in [-0.4, -0.2) is 17.9 Å². The van der Waals surface area contributed by atoms with Gasteiger partial charge in [0.2, 0.25) is 0 Å². The maximum absolute atomic E-state index is 9.55. The number of nitrogens with one attached hydrogen (secondary N) is 1. The van der Waals surface area contributed by atoms with Crippen LogP contribution in [-0.2, 0) is 0 Å². The maximum Gasteiger partial charge on any atom is 0.335 e. The van der Waals surface area contributed by atoms with E-state index < -0.39 is 5.71 Å². The molecule has 0 spiro atoms. The van der Waals surface area contributed by atoms with Gasteiger partial charge >= 0.3 is 5.71 Å². The van der Waals surface area contributed by atoms with E-state index in [-0.39, 0.29) is 8.73 Å². The molecule has 3 nitrogen and oxygen atoms in total. The fraction of sp³-hybridized carbons (Fsp3) is 0.500. The smallest absolute Gasteiger partial charge is 0.335 e. The first-order valence-electron chi connectivity index (χ1n) is 1.43. The first-order valence-corrected chi connectivity index (χ1v) is 2.43. The molecule has 0 heterocycles. The molecule has 0 amide bonds. The van der Waals surface area contributed by atoms with Crippen LogP contribution in [0.1, 0.15) is 0 Å². The molecule has 0 saturated heterocycles. The summed E-state index contributed by atoms with van der Waals surface area (Å²) in [6, 6.07) is 0. The summed E-state index contributed by atoms with van der Waals surface area (Å²) in [7, 11) is 1.44. The van der Waals surface area contributed by atoms with E-state index >= 15 is 0 Å². The molecule has 0 aromatic carbocycles. The van der Waals surface area contributed by atoms with Crippen LogP contribution in [0.25, 0.3) is 0 Å². The van der Waals surface area contributed by atoms with Crippen molar-refractivity contribution in [3.63, 3.8) is 0 Å². The van der Waals surface area contributed by atoms with E-state index in [1.807, 2.05) is 0 Å². The van der Waals surface area contributed by atoms with Crippen molar-refractivity contribution < 1.29 is 9.90 Å². The van der Waals surface area contributed by atoms with Crippen molar-refractivity contribution in [2.24, 2.45) is 0 Å². The molecule has 0 aliphatic carbocycles. The zero-order valence-corrected chi connectivity index (χ0v) is 4.36. The van der Waals surface area contributed by atoms with Crippen molar-refractivity contribution in [2.75, 3.05) is 7.05 Å². The minimum atomic E-state index is -0.794. The third kappa shape index (κ3) is 3.86. The Balaban J connectivity index is 2.83. The predicted octanol–water partition coefficient (Wildman–Crippen LogP) is 0.477. The Hall–Kier alpha value is -0.140. The summed E-state index contributed by atoms with van der Waals surface area (Å²) in [5.74, 6) is 0. The van der Waals surface area contributed by atoms with Gasteiger partial charge in [0.15, 0.2) is 0 Å². The second-order valence-corrected chi connectivity index (χ2v) is 1.86. The summed E-state index contributed by atoms with van der Waals surface area (Å²) in [5, 5.41) is 10.4. The SMILES string of the molecule is CNPC(=O)O. The molecule has 0 aromatic heterocycles. The Bertz CT molecular complexity index is 55.5. The summed E-state index contributed by atoms with van der Waals surface area (Å²) in [6.45, 7) is 0. The normalized spacial score (nSPS) is 10.2. The third-order valence-corrected chi connectivity index (χ3v) is 0.696. The van der Waals surface area contributed by atoms with E-state index in [9.17, 15) is 4.79 Å². The summed E-state index contributed by atoms with van der Waals surface area (Å²) < 4.78 is 0. The van der Waals surface area contributed by atoms with Gasteiger partial charge in [-0.2, -0.15) is 0 Å². The molecule has 6 heavy (non-hydrogen) atoms. The van der Waals surface area contributed by atoms with Crippen LogP contribution in [0.4, 0.5) is 4.79 Å². The monoisotopic (exact) mass is 107 g/mol. The summed E-state index contributed by atoms with van der Waals surface area (Å²) in [4.78, 5) is 9.55. The Morgan fingerprint density at radius 1 is 2.00 bits per heavy atom. The standard InChI is InChI=1S/C2H6NO2P/c1-3-6-2(4)5/h3,6H,1H3,(H,4,5). The summed E-state index contributed by atoms with van der Waals surface area (Å²) in [5.41, 5.74) is -0.794. The van der Waals surface area contributed by atoms with Gasteiger partial charge in [-0.05, 0) is 7.05 Å². The van der Waals surface area contributed by atoms with Gasteiger partial charge < -0.3 is 5.11 Å². The van der Waals surface area contributed by atoms with Gasteiger partial charge in [-0.15, -0.1) is 0 Å². The van der Waals surface area contributed by atoms with Crippen LogP contribution in [0, 0.1) is 0 Å². The summed E-state index contributed by atoms with van der Waals surface area (Å²) in [6.07, 6.45) is 0. The molecule has 0 aliphatic heterocycles. The first kappa shape index (κ1) is 5.86. The molecular weight excluding hydrogens is 101 g/mol. The van der Waals surface area contributed by atoms with Gasteiger partial charge in [0.25, 0.3) is 0 Å². The molecule has 0 saturated carbocycles. The summed E-state index contributed by atoms with van der Waals surface area (Å²) >= 11 is 0. The second kappa shape index (κ2) is 3.07. The van der Waals surface area contributed by atoms with Crippen LogP contribution in [0.2, 0.25) is 0 Å². The van der Waals surface area contributed by atoms with Crippen molar-refractivity contribution in [3.05, 3.63) is 0 Å². The molecule has 0 rings (SSSR count). The van der Waals surface area contributed by atoms with Crippen LogP contribution in [0.3, 0.4) is 0 Å².